The van der Waals surface area contributed by atoms with Crippen LogP contribution in [0.2, 0.25) is 0 Å². The highest BCUT2D eigenvalue weighted by Crippen LogP contribution is 2.37. The number of rotatable bonds is 6. The summed E-state index contributed by atoms with van der Waals surface area (Å²) in [7, 11) is 0. The maximum Gasteiger partial charge on any atom is 0.271 e. The van der Waals surface area contributed by atoms with E-state index in [1.807, 2.05) is 85.8 Å². The van der Waals surface area contributed by atoms with Crippen LogP contribution < -0.4 is 9.64 Å². The number of hydrogen-bond acceptors (Lipinski definition) is 5. The van der Waals surface area contributed by atoms with Gasteiger partial charge in [0.25, 0.3) is 5.91 Å². The number of nitrogens with zero attached hydrogens (tertiary/aromatic N) is 3. The number of amidine groups is 1. The number of para-hydroxylation sites is 1. The second-order valence-corrected chi connectivity index (χ2v) is 9.47. The Balaban J connectivity index is 1.37. The van der Waals surface area contributed by atoms with Gasteiger partial charge in [-0.3, -0.25) is 9.69 Å². The predicted octanol–water partition coefficient (Wildman–Crippen LogP) is 7.09. The third kappa shape index (κ3) is 5.56. The molecule has 4 aromatic rings. The minimum atomic E-state index is -0.114. The van der Waals surface area contributed by atoms with Gasteiger partial charge in [-0.2, -0.15) is 0 Å². The number of ether oxygens (including phenoxy) is 1. The molecule has 5 nitrogen and oxygen atoms in total. The number of amides is 1. The Bertz CT molecular complexity index is 1430. The molecule has 0 saturated carbocycles. The smallest absolute Gasteiger partial charge is 0.271 e. The lowest BCUT2D eigenvalue weighted by atomic mass is 10.1. The summed E-state index contributed by atoms with van der Waals surface area (Å²) in [6, 6.07) is 31.3. The number of aryl methyl sites for hydroxylation is 2. The Kier molecular flexibility index (Phi) is 6.96. The number of aromatic nitrogens is 1. The molecule has 1 fully saturated rings. The van der Waals surface area contributed by atoms with Crippen LogP contribution in [0.1, 0.15) is 22.4 Å². The molecule has 1 amide bonds. The van der Waals surface area contributed by atoms with Crippen LogP contribution in [0.3, 0.4) is 0 Å². The average molecular weight is 492 g/mol. The molecule has 1 aliphatic heterocycles. The van der Waals surface area contributed by atoms with Gasteiger partial charge in [0.05, 0.1) is 10.6 Å². The number of aliphatic imine (C=N–C) groups is 1. The Morgan fingerprint density at radius 3 is 2.36 bits per heavy atom. The molecule has 178 valence electrons. The first-order chi connectivity index (χ1) is 17.5. The van der Waals surface area contributed by atoms with Crippen molar-refractivity contribution >= 4 is 40.4 Å². The van der Waals surface area contributed by atoms with Gasteiger partial charge in [0.15, 0.2) is 11.0 Å². The Labute approximate surface area is 215 Å². The summed E-state index contributed by atoms with van der Waals surface area (Å²) < 4.78 is 5.92. The maximum absolute atomic E-state index is 13.4. The summed E-state index contributed by atoms with van der Waals surface area (Å²) in [5.74, 6) is 1.24. The van der Waals surface area contributed by atoms with Crippen LogP contribution in [-0.4, -0.2) is 16.1 Å². The predicted molar refractivity (Wildman–Crippen MR) is 148 cm³/mol. The number of thioether (sulfide) groups is 1. The van der Waals surface area contributed by atoms with Crippen LogP contribution in [0.25, 0.3) is 6.08 Å². The van der Waals surface area contributed by atoms with E-state index in [2.05, 4.69) is 36.2 Å². The second kappa shape index (κ2) is 10.6. The second-order valence-electron chi connectivity index (χ2n) is 8.46. The highest BCUT2D eigenvalue weighted by atomic mass is 32.2. The molecular formula is C30H25N3O2S. The molecule has 3 aromatic carbocycles. The first-order valence-electron chi connectivity index (χ1n) is 11.6. The minimum Gasteiger partial charge on any atom is -0.489 e. The van der Waals surface area contributed by atoms with Gasteiger partial charge in [-0.05, 0) is 79.2 Å². The van der Waals surface area contributed by atoms with Gasteiger partial charge in [0.2, 0.25) is 0 Å². The normalized spacial score (nSPS) is 15.6. The Hall–Kier alpha value is -4.16. The van der Waals surface area contributed by atoms with E-state index in [1.54, 1.807) is 4.90 Å². The van der Waals surface area contributed by atoms with E-state index >= 15 is 0 Å². The number of hydrogen-bond donors (Lipinski definition) is 0. The number of benzene rings is 3. The summed E-state index contributed by atoms with van der Waals surface area (Å²) in [5, 5.41) is 0.577. The fourth-order valence-corrected chi connectivity index (χ4v) is 4.69. The van der Waals surface area contributed by atoms with E-state index in [1.165, 1.54) is 17.3 Å². The topological polar surface area (TPSA) is 54.8 Å². The van der Waals surface area contributed by atoms with E-state index in [0.717, 1.165) is 28.3 Å². The molecule has 0 atom stereocenters. The van der Waals surface area contributed by atoms with Crippen molar-refractivity contribution in [2.75, 3.05) is 4.90 Å². The minimum absolute atomic E-state index is 0.114. The molecule has 1 aliphatic rings. The van der Waals surface area contributed by atoms with Crippen molar-refractivity contribution < 1.29 is 9.53 Å². The maximum atomic E-state index is 13.4. The molecule has 0 radical (unpaired) electrons. The van der Waals surface area contributed by atoms with Gasteiger partial charge in [-0.1, -0.05) is 66.2 Å². The summed E-state index contributed by atoms with van der Waals surface area (Å²) in [6.45, 7) is 4.50. The molecular weight excluding hydrogens is 466 g/mol. The fourth-order valence-electron chi connectivity index (χ4n) is 3.71. The number of carbonyl (C=O) groups is 1. The summed E-state index contributed by atoms with van der Waals surface area (Å²) in [5.41, 5.74) is 4.90. The molecule has 2 heterocycles. The summed E-state index contributed by atoms with van der Waals surface area (Å²) >= 11 is 1.35. The van der Waals surface area contributed by atoms with E-state index in [4.69, 9.17) is 9.73 Å². The van der Waals surface area contributed by atoms with Gasteiger partial charge in [-0.15, -0.1) is 0 Å². The molecule has 0 N–H and O–H groups in total. The van der Waals surface area contributed by atoms with Crippen molar-refractivity contribution in [1.82, 2.24) is 4.98 Å². The average Bonchev–Trinajstić information content (AvgIpc) is 3.19. The molecule has 36 heavy (non-hydrogen) atoms. The van der Waals surface area contributed by atoms with Gasteiger partial charge in [-0.25, -0.2) is 9.98 Å². The zero-order valence-electron chi connectivity index (χ0n) is 20.1. The fraction of sp³-hybridized carbons (Fsp3) is 0.100. The van der Waals surface area contributed by atoms with E-state index in [9.17, 15) is 4.79 Å². The molecule has 0 unspecified atom stereocenters. The van der Waals surface area contributed by atoms with Crippen LogP contribution in [0, 0.1) is 13.8 Å². The highest BCUT2D eigenvalue weighted by Gasteiger charge is 2.34. The van der Waals surface area contributed by atoms with Gasteiger partial charge < -0.3 is 4.74 Å². The largest absolute Gasteiger partial charge is 0.489 e. The molecule has 0 aliphatic carbocycles. The zero-order valence-corrected chi connectivity index (χ0v) is 20.9. The molecule has 1 aromatic heterocycles. The van der Waals surface area contributed by atoms with Gasteiger partial charge in [0.1, 0.15) is 12.4 Å². The highest BCUT2D eigenvalue weighted by molar-refractivity contribution is 8.19. The van der Waals surface area contributed by atoms with E-state index in [-0.39, 0.29) is 5.91 Å². The lowest BCUT2D eigenvalue weighted by Gasteiger charge is -2.15. The first-order valence-corrected chi connectivity index (χ1v) is 12.5. The lowest BCUT2D eigenvalue weighted by molar-refractivity contribution is -0.113. The third-order valence-electron chi connectivity index (χ3n) is 5.61. The Morgan fingerprint density at radius 1 is 0.889 bits per heavy atom. The number of anilines is 1. The SMILES string of the molecule is Cc1ccc(COc2ccc(/C=C3\S/C(=N/c4cccc(C)n4)N(c4ccccc4)C3=O)cc2)cc1. The van der Waals surface area contributed by atoms with Crippen LogP contribution in [-0.2, 0) is 11.4 Å². The van der Waals surface area contributed by atoms with Crippen molar-refractivity contribution in [3.05, 3.63) is 124 Å². The number of pyridine rings is 1. The van der Waals surface area contributed by atoms with Crippen LogP contribution >= 0.6 is 11.8 Å². The molecule has 6 heteroatoms. The van der Waals surface area contributed by atoms with Crippen LogP contribution in [0.5, 0.6) is 5.75 Å². The molecule has 0 bridgehead atoms. The monoisotopic (exact) mass is 491 g/mol. The van der Waals surface area contributed by atoms with E-state index < -0.39 is 0 Å². The standard InChI is InChI=1S/C30H25N3O2S/c1-21-11-13-24(14-12-21)20-35-26-17-15-23(16-18-26)19-27-29(34)33(25-8-4-3-5-9-25)30(36-27)32-28-10-6-7-22(2)31-28/h3-19H,20H2,1-2H3/b27-19-,32-30+. The number of carbonyl (C=O) groups excluding carboxylic acids is 1. The van der Waals surface area contributed by atoms with Crippen molar-refractivity contribution in [1.29, 1.82) is 0 Å². The van der Waals surface area contributed by atoms with E-state index in [0.29, 0.717) is 22.5 Å². The van der Waals surface area contributed by atoms with Crippen molar-refractivity contribution in [2.45, 2.75) is 20.5 Å². The lowest BCUT2D eigenvalue weighted by Crippen LogP contribution is -2.28. The molecule has 1 saturated heterocycles. The molecule has 5 rings (SSSR count). The van der Waals surface area contributed by atoms with Crippen molar-refractivity contribution in [2.24, 2.45) is 4.99 Å². The quantitative estimate of drug-likeness (QED) is 0.270. The van der Waals surface area contributed by atoms with Crippen molar-refractivity contribution in [3.63, 3.8) is 0 Å². The summed E-state index contributed by atoms with van der Waals surface area (Å²) in [6.07, 6.45) is 1.89. The van der Waals surface area contributed by atoms with Gasteiger partial charge in [0, 0.05) is 5.69 Å². The zero-order chi connectivity index (χ0) is 24.9. The van der Waals surface area contributed by atoms with Crippen molar-refractivity contribution in [3.8, 4) is 5.75 Å². The van der Waals surface area contributed by atoms with Crippen LogP contribution in [0.15, 0.2) is 107 Å². The Morgan fingerprint density at radius 2 is 1.64 bits per heavy atom. The summed E-state index contributed by atoms with van der Waals surface area (Å²) in [4.78, 5) is 24.9. The first kappa shape index (κ1) is 23.6. The van der Waals surface area contributed by atoms with Gasteiger partial charge >= 0.3 is 0 Å². The molecule has 0 spiro atoms. The third-order valence-corrected chi connectivity index (χ3v) is 6.58. The van der Waals surface area contributed by atoms with Crippen LogP contribution in [0.4, 0.5) is 11.5 Å².